The Bertz CT molecular complexity index is 551. The summed E-state index contributed by atoms with van der Waals surface area (Å²) in [7, 11) is 0. The van der Waals surface area contributed by atoms with Crippen LogP contribution in [-0.2, 0) is 0 Å². The molecular formula is C14H14O3. The van der Waals surface area contributed by atoms with Crippen LogP contribution < -0.4 is 0 Å². The van der Waals surface area contributed by atoms with Gasteiger partial charge in [0.15, 0.2) is 11.5 Å². The van der Waals surface area contributed by atoms with Crippen molar-refractivity contribution in [1.29, 1.82) is 0 Å². The molecule has 0 aromatic heterocycles. The SMILES string of the molecule is Cc1cc(-c2ccc(O)c(O)c2)cc(C)c1O. The van der Waals surface area contributed by atoms with Crippen LogP contribution in [0.1, 0.15) is 11.1 Å². The van der Waals surface area contributed by atoms with Gasteiger partial charge in [-0.1, -0.05) is 6.07 Å². The number of aromatic hydroxyl groups is 3. The first-order valence-corrected chi connectivity index (χ1v) is 5.31. The summed E-state index contributed by atoms with van der Waals surface area (Å²) in [6.45, 7) is 3.65. The van der Waals surface area contributed by atoms with Crippen LogP contribution in [0.5, 0.6) is 17.2 Å². The summed E-state index contributed by atoms with van der Waals surface area (Å²) in [5.41, 5.74) is 3.26. The van der Waals surface area contributed by atoms with Crippen molar-refractivity contribution in [2.75, 3.05) is 0 Å². The van der Waals surface area contributed by atoms with E-state index in [4.69, 9.17) is 0 Å². The summed E-state index contributed by atoms with van der Waals surface area (Å²) < 4.78 is 0. The highest BCUT2D eigenvalue weighted by Gasteiger charge is 2.07. The second-order valence-corrected chi connectivity index (χ2v) is 4.16. The van der Waals surface area contributed by atoms with Crippen LogP contribution >= 0.6 is 0 Å². The lowest BCUT2D eigenvalue weighted by Crippen LogP contribution is -1.85. The van der Waals surface area contributed by atoms with Crippen molar-refractivity contribution in [3.8, 4) is 28.4 Å². The highest BCUT2D eigenvalue weighted by Crippen LogP contribution is 2.33. The minimum atomic E-state index is -0.147. The van der Waals surface area contributed by atoms with Crippen molar-refractivity contribution >= 4 is 0 Å². The van der Waals surface area contributed by atoms with Gasteiger partial charge in [0.05, 0.1) is 0 Å². The Morgan fingerprint density at radius 1 is 0.706 bits per heavy atom. The van der Waals surface area contributed by atoms with Gasteiger partial charge in [0.1, 0.15) is 5.75 Å². The predicted octanol–water partition coefficient (Wildman–Crippen LogP) is 3.09. The molecule has 3 heteroatoms. The molecule has 0 bridgehead atoms. The Kier molecular flexibility index (Phi) is 2.68. The molecule has 0 spiro atoms. The van der Waals surface area contributed by atoms with Gasteiger partial charge in [0.25, 0.3) is 0 Å². The highest BCUT2D eigenvalue weighted by molar-refractivity contribution is 5.69. The maximum absolute atomic E-state index is 9.69. The molecule has 2 aromatic carbocycles. The summed E-state index contributed by atoms with van der Waals surface area (Å²) in [6.07, 6.45) is 0. The quantitative estimate of drug-likeness (QED) is 0.660. The number of phenolic OH excluding ortho intramolecular Hbond substituents is 3. The van der Waals surface area contributed by atoms with E-state index in [0.29, 0.717) is 0 Å². The van der Waals surface area contributed by atoms with Crippen LogP contribution in [0.4, 0.5) is 0 Å². The lowest BCUT2D eigenvalue weighted by Gasteiger charge is -2.09. The smallest absolute Gasteiger partial charge is 0.158 e. The molecule has 0 atom stereocenters. The molecule has 2 aromatic rings. The van der Waals surface area contributed by atoms with Crippen molar-refractivity contribution in [3.63, 3.8) is 0 Å². The Hall–Kier alpha value is -2.16. The monoisotopic (exact) mass is 230 g/mol. The molecule has 0 aliphatic heterocycles. The molecule has 0 heterocycles. The summed E-state index contributed by atoms with van der Waals surface area (Å²) >= 11 is 0. The van der Waals surface area contributed by atoms with Gasteiger partial charge in [-0.2, -0.15) is 0 Å². The lowest BCUT2D eigenvalue weighted by molar-refractivity contribution is 0.404. The Balaban J connectivity index is 2.57. The first-order chi connectivity index (χ1) is 7.99. The van der Waals surface area contributed by atoms with Crippen LogP contribution in [0.15, 0.2) is 30.3 Å². The van der Waals surface area contributed by atoms with Crippen LogP contribution in [0, 0.1) is 13.8 Å². The Labute approximate surface area is 99.6 Å². The number of hydrogen-bond donors (Lipinski definition) is 3. The molecule has 17 heavy (non-hydrogen) atoms. The van der Waals surface area contributed by atoms with Gasteiger partial charge >= 0.3 is 0 Å². The van der Waals surface area contributed by atoms with E-state index in [1.807, 2.05) is 26.0 Å². The average molecular weight is 230 g/mol. The Morgan fingerprint density at radius 3 is 1.82 bits per heavy atom. The summed E-state index contributed by atoms with van der Waals surface area (Å²) in [6, 6.07) is 8.35. The second-order valence-electron chi connectivity index (χ2n) is 4.16. The van der Waals surface area contributed by atoms with Gasteiger partial charge in [-0.15, -0.1) is 0 Å². The zero-order valence-electron chi connectivity index (χ0n) is 9.73. The minimum absolute atomic E-state index is 0.138. The number of benzene rings is 2. The maximum atomic E-state index is 9.69. The molecular weight excluding hydrogens is 216 g/mol. The number of hydrogen-bond acceptors (Lipinski definition) is 3. The van der Waals surface area contributed by atoms with E-state index in [-0.39, 0.29) is 17.2 Å². The normalized spacial score (nSPS) is 10.5. The molecule has 3 nitrogen and oxygen atoms in total. The summed E-state index contributed by atoms with van der Waals surface area (Å²) in [4.78, 5) is 0. The fourth-order valence-electron chi connectivity index (χ4n) is 1.83. The largest absolute Gasteiger partial charge is 0.507 e. The standard InChI is InChI=1S/C14H14O3/c1-8-5-11(6-9(2)14(8)17)10-3-4-12(15)13(16)7-10/h3-7,15-17H,1-2H3. The molecule has 0 saturated heterocycles. The fraction of sp³-hybridized carbons (Fsp3) is 0.143. The fourth-order valence-corrected chi connectivity index (χ4v) is 1.83. The van der Waals surface area contributed by atoms with Crippen molar-refractivity contribution in [1.82, 2.24) is 0 Å². The van der Waals surface area contributed by atoms with Crippen LogP contribution in [0.3, 0.4) is 0 Å². The van der Waals surface area contributed by atoms with Crippen LogP contribution in [0.25, 0.3) is 11.1 Å². The zero-order valence-corrected chi connectivity index (χ0v) is 9.73. The van der Waals surface area contributed by atoms with Gasteiger partial charge in [0.2, 0.25) is 0 Å². The van der Waals surface area contributed by atoms with Gasteiger partial charge < -0.3 is 15.3 Å². The molecule has 0 aliphatic carbocycles. The van der Waals surface area contributed by atoms with E-state index in [9.17, 15) is 15.3 Å². The molecule has 0 unspecified atom stereocenters. The number of phenols is 3. The second kappa shape index (κ2) is 4.01. The molecule has 0 saturated carbocycles. The van der Waals surface area contributed by atoms with E-state index >= 15 is 0 Å². The third-order valence-corrected chi connectivity index (χ3v) is 2.80. The van der Waals surface area contributed by atoms with Gasteiger partial charge in [-0.3, -0.25) is 0 Å². The number of rotatable bonds is 1. The van der Waals surface area contributed by atoms with E-state index in [1.54, 1.807) is 6.07 Å². The van der Waals surface area contributed by atoms with Gasteiger partial charge in [0, 0.05) is 0 Å². The Morgan fingerprint density at radius 2 is 1.29 bits per heavy atom. The third-order valence-electron chi connectivity index (χ3n) is 2.80. The van der Waals surface area contributed by atoms with E-state index in [2.05, 4.69) is 0 Å². The molecule has 0 aliphatic rings. The van der Waals surface area contributed by atoms with Gasteiger partial charge in [-0.25, -0.2) is 0 Å². The summed E-state index contributed by atoms with van der Waals surface area (Å²) in [5, 5.41) is 28.4. The zero-order chi connectivity index (χ0) is 12.6. The average Bonchev–Trinajstić information content (AvgIpc) is 2.29. The lowest BCUT2D eigenvalue weighted by atomic mass is 9.99. The van der Waals surface area contributed by atoms with Crippen molar-refractivity contribution in [2.45, 2.75) is 13.8 Å². The molecule has 88 valence electrons. The molecule has 0 radical (unpaired) electrons. The molecule has 3 N–H and O–H groups in total. The van der Waals surface area contributed by atoms with Crippen molar-refractivity contribution in [3.05, 3.63) is 41.5 Å². The first kappa shape index (κ1) is 11.3. The van der Waals surface area contributed by atoms with E-state index < -0.39 is 0 Å². The molecule has 2 rings (SSSR count). The molecule has 0 fully saturated rings. The van der Waals surface area contributed by atoms with Crippen molar-refractivity contribution in [2.24, 2.45) is 0 Å². The molecule has 0 amide bonds. The highest BCUT2D eigenvalue weighted by atomic mass is 16.3. The third kappa shape index (κ3) is 2.04. The summed E-state index contributed by atoms with van der Waals surface area (Å²) in [5.74, 6) is 0.00334. The predicted molar refractivity (Wildman–Crippen MR) is 66.3 cm³/mol. The van der Waals surface area contributed by atoms with E-state index in [1.165, 1.54) is 12.1 Å². The van der Waals surface area contributed by atoms with Crippen molar-refractivity contribution < 1.29 is 15.3 Å². The number of aryl methyl sites for hydroxylation is 2. The van der Waals surface area contributed by atoms with Gasteiger partial charge in [-0.05, 0) is 60.4 Å². The maximum Gasteiger partial charge on any atom is 0.158 e. The topological polar surface area (TPSA) is 60.7 Å². The first-order valence-electron chi connectivity index (χ1n) is 5.31. The van der Waals surface area contributed by atoms with Crippen LogP contribution in [0.2, 0.25) is 0 Å². The minimum Gasteiger partial charge on any atom is -0.507 e. The van der Waals surface area contributed by atoms with E-state index in [0.717, 1.165) is 22.3 Å². The van der Waals surface area contributed by atoms with Crippen LogP contribution in [-0.4, -0.2) is 15.3 Å².